The second-order valence-corrected chi connectivity index (χ2v) is 5.49. The van der Waals surface area contributed by atoms with Gasteiger partial charge in [-0.1, -0.05) is 0 Å². The fourth-order valence-electron chi connectivity index (χ4n) is 2.34. The number of amides is 2. The Morgan fingerprint density at radius 1 is 1.31 bits per heavy atom. The molecule has 2 amide bonds. The summed E-state index contributed by atoms with van der Waals surface area (Å²) in [7, 11) is 0. The highest BCUT2D eigenvalue weighted by Gasteiger charge is 2.48. The molecule has 3 heterocycles. The lowest BCUT2D eigenvalue weighted by atomic mass is 9.88. The largest absolute Gasteiger partial charge is 0.444 e. The monoisotopic (exact) mass is 226 g/mol. The molecule has 3 saturated heterocycles. The average molecular weight is 226 g/mol. The topological polar surface area (TPSA) is 49.9 Å². The van der Waals surface area contributed by atoms with Crippen LogP contribution < -0.4 is 0 Å². The van der Waals surface area contributed by atoms with Gasteiger partial charge in [0.1, 0.15) is 5.60 Å². The van der Waals surface area contributed by atoms with Crippen LogP contribution in [-0.4, -0.2) is 53.1 Å². The molecule has 0 aromatic carbocycles. The van der Waals surface area contributed by atoms with Gasteiger partial charge in [-0.2, -0.15) is 0 Å². The third kappa shape index (κ3) is 1.99. The second kappa shape index (κ2) is 3.64. The highest BCUT2D eigenvalue weighted by atomic mass is 16.6. The van der Waals surface area contributed by atoms with Crippen molar-refractivity contribution >= 4 is 12.5 Å². The number of hydrogen-bond acceptors (Lipinski definition) is 3. The number of hydrogen-bond donors (Lipinski definition) is 0. The molecule has 3 aliphatic heterocycles. The fraction of sp³-hybridized carbons (Fsp3) is 0.818. The summed E-state index contributed by atoms with van der Waals surface area (Å²) in [6.45, 7) is 6.85. The van der Waals surface area contributed by atoms with Crippen molar-refractivity contribution in [1.82, 2.24) is 9.80 Å². The molecule has 3 rings (SSSR count). The lowest BCUT2D eigenvalue weighted by Crippen LogP contribution is -2.70. The van der Waals surface area contributed by atoms with E-state index in [-0.39, 0.29) is 18.2 Å². The number of ether oxygens (including phenoxy) is 1. The zero-order valence-corrected chi connectivity index (χ0v) is 9.97. The van der Waals surface area contributed by atoms with E-state index in [2.05, 4.69) is 0 Å². The minimum Gasteiger partial charge on any atom is -0.444 e. The Hall–Kier alpha value is -1.26. The van der Waals surface area contributed by atoms with Gasteiger partial charge in [0.25, 0.3) is 0 Å². The molecular formula is C11H18N2O3. The van der Waals surface area contributed by atoms with Crippen LogP contribution in [0.2, 0.25) is 0 Å². The SMILES string of the molecule is CC(C)(C)OC(=O)N1C2CC1CN(C=O)C2. The van der Waals surface area contributed by atoms with Gasteiger partial charge in [0.05, 0.1) is 12.1 Å². The molecule has 0 saturated carbocycles. The maximum Gasteiger partial charge on any atom is 0.410 e. The maximum absolute atomic E-state index is 11.8. The van der Waals surface area contributed by atoms with Crippen molar-refractivity contribution in [2.45, 2.75) is 44.9 Å². The van der Waals surface area contributed by atoms with E-state index in [9.17, 15) is 9.59 Å². The van der Waals surface area contributed by atoms with E-state index >= 15 is 0 Å². The van der Waals surface area contributed by atoms with Gasteiger partial charge in [0.15, 0.2) is 0 Å². The summed E-state index contributed by atoms with van der Waals surface area (Å²) in [5.74, 6) is 0. The van der Waals surface area contributed by atoms with E-state index < -0.39 is 5.60 Å². The van der Waals surface area contributed by atoms with Crippen LogP contribution in [0.25, 0.3) is 0 Å². The standard InChI is InChI=1S/C11H18N2O3/c1-11(2,3)16-10(15)13-8-4-9(13)6-12(5-8)7-14/h7-9H,4-6H2,1-3H3. The first kappa shape index (κ1) is 11.2. The lowest BCUT2D eigenvalue weighted by molar-refractivity contribution is -0.129. The number of rotatable bonds is 1. The Labute approximate surface area is 95.3 Å². The zero-order chi connectivity index (χ0) is 11.9. The first-order valence-corrected chi connectivity index (χ1v) is 5.61. The van der Waals surface area contributed by atoms with Gasteiger partial charge in [-0.15, -0.1) is 0 Å². The molecule has 0 aromatic rings. The van der Waals surface area contributed by atoms with Crippen molar-refractivity contribution in [2.24, 2.45) is 0 Å². The molecule has 2 unspecified atom stereocenters. The predicted octanol–water partition coefficient (Wildman–Crippen LogP) is 0.836. The molecule has 3 fully saturated rings. The molecule has 90 valence electrons. The Bertz CT molecular complexity index is 299. The minimum absolute atomic E-state index is 0.152. The summed E-state index contributed by atoms with van der Waals surface area (Å²) in [5, 5.41) is 0. The molecule has 5 nitrogen and oxygen atoms in total. The summed E-state index contributed by atoms with van der Waals surface area (Å²) >= 11 is 0. The molecule has 0 radical (unpaired) electrons. The van der Waals surface area contributed by atoms with E-state index in [1.54, 1.807) is 9.80 Å². The maximum atomic E-state index is 11.8. The minimum atomic E-state index is -0.453. The van der Waals surface area contributed by atoms with Crippen molar-refractivity contribution in [3.05, 3.63) is 0 Å². The molecule has 2 atom stereocenters. The normalized spacial score (nSPS) is 28.4. The molecule has 3 aliphatic rings. The van der Waals surface area contributed by atoms with E-state index in [0.29, 0.717) is 13.1 Å². The number of piperazine rings is 1. The smallest absolute Gasteiger partial charge is 0.410 e. The molecule has 2 bridgehead atoms. The molecule has 0 spiro atoms. The summed E-state index contributed by atoms with van der Waals surface area (Å²) in [6, 6.07) is 0.303. The van der Waals surface area contributed by atoms with Crippen molar-refractivity contribution in [3.8, 4) is 0 Å². The predicted molar refractivity (Wildman–Crippen MR) is 57.9 cm³/mol. The zero-order valence-electron chi connectivity index (χ0n) is 9.97. The third-order valence-corrected chi connectivity index (χ3v) is 2.97. The summed E-state index contributed by atoms with van der Waals surface area (Å²) < 4.78 is 5.33. The molecule has 0 aliphatic carbocycles. The van der Waals surface area contributed by atoms with Crippen LogP contribution in [0.4, 0.5) is 4.79 Å². The molecule has 0 aromatic heterocycles. The number of nitrogens with zero attached hydrogens (tertiary/aromatic N) is 2. The van der Waals surface area contributed by atoms with Gasteiger partial charge in [-0.3, -0.25) is 9.69 Å². The van der Waals surface area contributed by atoms with Crippen molar-refractivity contribution < 1.29 is 14.3 Å². The van der Waals surface area contributed by atoms with Crippen LogP contribution >= 0.6 is 0 Å². The number of carbonyl (C=O) groups excluding carboxylic acids is 2. The van der Waals surface area contributed by atoms with E-state index in [1.165, 1.54) is 0 Å². The van der Waals surface area contributed by atoms with Crippen LogP contribution in [0.1, 0.15) is 27.2 Å². The van der Waals surface area contributed by atoms with E-state index in [4.69, 9.17) is 4.74 Å². The van der Waals surface area contributed by atoms with Crippen molar-refractivity contribution in [3.63, 3.8) is 0 Å². The van der Waals surface area contributed by atoms with Crippen molar-refractivity contribution in [2.75, 3.05) is 13.1 Å². The van der Waals surface area contributed by atoms with Crippen LogP contribution in [0.3, 0.4) is 0 Å². The molecule has 0 N–H and O–H groups in total. The van der Waals surface area contributed by atoms with Gasteiger partial charge in [-0.05, 0) is 27.2 Å². The number of piperidine rings is 1. The molecule has 16 heavy (non-hydrogen) atoms. The number of fused-ring (bicyclic) bond motifs is 2. The molecular weight excluding hydrogens is 208 g/mol. The van der Waals surface area contributed by atoms with Crippen LogP contribution in [0.15, 0.2) is 0 Å². The Morgan fingerprint density at radius 2 is 1.88 bits per heavy atom. The Balaban J connectivity index is 1.94. The Morgan fingerprint density at radius 3 is 2.31 bits per heavy atom. The number of carbonyl (C=O) groups is 2. The first-order valence-electron chi connectivity index (χ1n) is 5.61. The highest BCUT2D eigenvalue weighted by molar-refractivity contribution is 5.71. The van der Waals surface area contributed by atoms with Crippen LogP contribution in [-0.2, 0) is 9.53 Å². The first-order chi connectivity index (χ1) is 7.40. The Kier molecular flexibility index (Phi) is 2.56. The van der Waals surface area contributed by atoms with E-state index in [0.717, 1.165) is 12.8 Å². The van der Waals surface area contributed by atoms with Gasteiger partial charge in [0, 0.05) is 13.1 Å². The van der Waals surface area contributed by atoms with Crippen LogP contribution in [0, 0.1) is 0 Å². The van der Waals surface area contributed by atoms with Crippen molar-refractivity contribution in [1.29, 1.82) is 0 Å². The average Bonchev–Trinajstić information content (AvgIpc) is 2.14. The lowest BCUT2D eigenvalue weighted by Gasteiger charge is -2.54. The van der Waals surface area contributed by atoms with Gasteiger partial charge in [-0.25, -0.2) is 4.79 Å². The fourth-order valence-corrected chi connectivity index (χ4v) is 2.34. The summed E-state index contributed by atoms with van der Waals surface area (Å²) in [4.78, 5) is 26.0. The summed E-state index contributed by atoms with van der Waals surface area (Å²) in [6.07, 6.45) is 1.59. The van der Waals surface area contributed by atoms with E-state index in [1.807, 2.05) is 20.8 Å². The third-order valence-electron chi connectivity index (χ3n) is 2.97. The quantitative estimate of drug-likeness (QED) is 0.622. The molecule has 5 heteroatoms. The van der Waals surface area contributed by atoms with Crippen LogP contribution in [0.5, 0.6) is 0 Å². The van der Waals surface area contributed by atoms with Gasteiger partial charge >= 0.3 is 6.09 Å². The van der Waals surface area contributed by atoms with Gasteiger partial charge < -0.3 is 9.64 Å². The highest BCUT2D eigenvalue weighted by Crippen LogP contribution is 2.32. The van der Waals surface area contributed by atoms with Gasteiger partial charge in [0.2, 0.25) is 6.41 Å². The summed E-state index contributed by atoms with van der Waals surface area (Å²) in [5.41, 5.74) is -0.453. The second-order valence-electron chi connectivity index (χ2n) is 5.49.